The Morgan fingerprint density at radius 3 is 2.52 bits per heavy atom. The SMILES string of the molecule is COC(=O)[C@H](c1ccccc1F)c1nc(OC)ccc1[N+](=O)[O-]. The van der Waals surface area contributed by atoms with E-state index in [1.807, 2.05) is 0 Å². The predicted octanol–water partition coefficient (Wildman–Crippen LogP) is 2.44. The third kappa shape index (κ3) is 3.25. The second-order valence-corrected chi connectivity index (χ2v) is 4.49. The smallest absolute Gasteiger partial charge is 0.319 e. The van der Waals surface area contributed by atoms with Crippen molar-refractivity contribution in [1.29, 1.82) is 0 Å². The molecule has 1 aromatic heterocycles. The number of pyridine rings is 1. The number of halogens is 1. The zero-order valence-electron chi connectivity index (χ0n) is 12.4. The van der Waals surface area contributed by atoms with Crippen LogP contribution in [0, 0.1) is 15.9 Å². The summed E-state index contributed by atoms with van der Waals surface area (Å²) < 4.78 is 23.7. The Balaban J connectivity index is 2.72. The highest BCUT2D eigenvalue weighted by Gasteiger charge is 2.34. The first-order chi connectivity index (χ1) is 11.0. The number of nitrogens with zero attached hydrogens (tertiary/aromatic N) is 2. The summed E-state index contributed by atoms with van der Waals surface area (Å²) >= 11 is 0. The largest absolute Gasteiger partial charge is 0.481 e. The maximum Gasteiger partial charge on any atom is 0.319 e. The van der Waals surface area contributed by atoms with E-state index >= 15 is 0 Å². The van der Waals surface area contributed by atoms with E-state index in [0.29, 0.717) is 0 Å². The minimum Gasteiger partial charge on any atom is -0.481 e. The molecule has 0 fully saturated rings. The lowest BCUT2D eigenvalue weighted by molar-refractivity contribution is -0.386. The van der Waals surface area contributed by atoms with Gasteiger partial charge in [0.2, 0.25) is 5.88 Å². The summed E-state index contributed by atoms with van der Waals surface area (Å²) in [6.45, 7) is 0. The van der Waals surface area contributed by atoms with Gasteiger partial charge in [0.15, 0.2) is 0 Å². The summed E-state index contributed by atoms with van der Waals surface area (Å²) in [4.78, 5) is 26.7. The molecule has 0 bridgehead atoms. The number of aromatic nitrogens is 1. The average molecular weight is 320 g/mol. The van der Waals surface area contributed by atoms with Gasteiger partial charge in [0.1, 0.15) is 17.4 Å². The fourth-order valence-electron chi connectivity index (χ4n) is 2.14. The summed E-state index contributed by atoms with van der Waals surface area (Å²) in [5.41, 5.74) is -0.737. The molecule has 2 aromatic rings. The summed E-state index contributed by atoms with van der Waals surface area (Å²) in [7, 11) is 2.44. The van der Waals surface area contributed by atoms with Crippen molar-refractivity contribution in [2.45, 2.75) is 5.92 Å². The normalized spacial score (nSPS) is 11.6. The van der Waals surface area contributed by atoms with E-state index in [4.69, 9.17) is 4.74 Å². The molecule has 7 nitrogen and oxygen atoms in total. The van der Waals surface area contributed by atoms with Gasteiger partial charge < -0.3 is 9.47 Å². The van der Waals surface area contributed by atoms with Crippen LogP contribution in [-0.2, 0) is 9.53 Å². The highest BCUT2D eigenvalue weighted by atomic mass is 19.1. The van der Waals surface area contributed by atoms with Crippen LogP contribution in [0.3, 0.4) is 0 Å². The molecule has 0 N–H and O–H groups in total. The minimum atomic E-state index is -1.38. The first-order valence-electron chi connectivity index (χ1n) is 6.51. The highest BCUT2D eigenvalue weighted by Crippen LogP contribution is 2.34. The maximum absolute atomic E-state index is 14.1. The van der Waals surface area contributed by atoms with Crippen LogP contribution in [-0.4, -0.2) is 30.1 Å². The van der Waals surface area contributed by atoms with Crippen molar-refractivity contribution in [1.82, 2.24) is 4.98 Å². The van der Waals surface area contributed by atoms with E-state index in [1.165, 1.54) is 31.4 Å². The van der Waals surface area contributed by atoms with Gasteiger partial charge in [-0.2, -0.15) is 0 Å². The first-order valence-corrected chi connectivity index (χ1v) is 6.51. The number of ether oxygens (including phenoxy) is 2. The van der Waals surface area contributed by atoms with Crippen molar-refractivity contribution in [3.8, 4) is 5.88 Å². The Labute approximate surface area is 130 Å². The van der Waals surface area contributed by atoms with Crippen LogP contribution in [0.5, 0.6) is 5.88 Å². The zero-order valence-corrected chi connectivity index (χ0v) is 12.4. The molecule has 23 heavy (non-hydrogen) atoms. The van der Waals surface area contributed by atoms with E-state index in [1.54, 1.807) is 0 Å². The Kier molecular flexibility index (Phi) is 4.85. The molecule has 0 spiro atoms. The van der Waals surface area contributed by atoms with Gasteiger partial charge in [-0.1, -0.05) is 18.2 Å². The topological polar surface area (TPSA) is 91.6 Å². The van der Waals surface area contributed by atoms with Gasteiger partial charge in [0.25, 0.3) is 5.69 Å². The standard InChI is InChI=1S/C15H13FN2O5/c1-22-12-8-7-11(18(20)21)14(17-12)13(15(19)23-2)9-5-3-4-6-10(9)16/h3-8,13H,1-2H3/t13-/m1/s1. The molecule has 0 unspecified atom stereocenters. The molecule has 1 atom stereocenters. The van der Waals surface area contributed by atoms with Crippen LogP contribution < -0.4 is 4.74 Å². The first kappa shape index (κ1) is 16.3. The second-order valence-electron chi connectivity index (χ2n) is 4.49. The Hall–Kier alpha value is -3.03. The zero-order chi connectivity index (χ0) is 17.0. The van der Waals surface area contributed by atoms with E-state index in [0.717, 1.165) is 19.2 Å². The predicted molar refractivity (Wildman–Crippen MR) is 77.7 cm³/mol. The van der Waals surface area contributed by atoms with Crippen molar-refractivity contribution in [2.75, 3.05) is 14.2 Å². The van der Waals surface area contributed by atoms with Gasteiger partial charge >= 0.3 is 5.97 Å². The molecule has 1 heterocycles. The molecule has 0 aliphatic rings. The molecule has 2 rings (SSSR count). The molecular weight excluding hydrogens is 307 g/mol. The van der Waals surface area contributed by atoms with Gasteiger partial charge in [0, 0.05) is 17.7 Å². The van der Waals surface area contributed by atoms with Crippen LogP contribution >= 0.6 is 0 Å². The molecule has 0 aliphatic heterocycles. The number of esters is 1. The minimum absolute atomic E-state index is 0.0656. The highest BCUT2D eigenvalue weighted by molar-refractivity contribution is 5.83. The number of benzene rings is 1. The number of carbonyl (C=O) groups excluding carboxylic acids is 1. The summed E-state index contributed by atoms with van der Waals surface area (Å²) in [6.07, 6.45) is 0. The van der Waals surface area contributed by atoms with Crippen molar-refractivity contribution < 1.29 is 23.6 Å². The van der Waals surface area contributed by atoms with Crippen LogP contribution in [0.4, 0.5) is 10.1 Å². The van der Waals surface area contributed by atoms with E-state index in [-0.39, 0.29) is 17.1 Å². The van der Waals surface area contributed by atoms with Gasteiger partial charge in [-0.3, -0.25) is 14.9 Å². The lowest BCUT2D eigenvalue weighted by Crippen LogP contribution is -2.19. The molecule has 0 saturated carbocycles. The van der Waals surface area contributed by atoms with Crippen molar-refractivity contribution in [3.63, 3.8) is 0 Å². The van der Waals surface area contributed by atoms with E-state index < -0.39 is 28.3 Å². The van der Waals surface area contributed by atoms with E-state index in [9.17, 15) is 19.3 Å². The molecule has 0 aliphatic carbocycles. The van der Waals surface area contributed by atoms with Gasteiger partial charge in [-0.05, 0) is 6.07 Å². The third-order valence-electron chi connectivity index (χ3n) is 3.21. The third-order valence-corrected chi connectivity index (χ3v) is 3.21. The lowest BCUT2D eigenvalue weighted by Gasteiger charge is -2.16. The molecule has 0 saturated heterocycles. The second kappa shape index (κ2) is 6.82. The van der Waals surface area contributed by atoms with Gasteiger partial charge in [-0.25, -0.2) is 9.37 Å². The van der Waals surface area contributed by atoms with Crippen LogP contribution in [0.25, 0.3) is 0 Å². The summed E-state index contributed by atoms with van der Waals surface area (Å²) in [5.74, 6) is -2.87. The number of carbonyl (C=O) groups is 1. The Morgan fingerprint density at radius 2 is 1.96 bits per heavy atom. The number of rotatable bonds is 5. The fraction of sp³-hybridized carbons (Fsp3) is 0.200. The lowest BCUT2D eigenvalue weighted by atomic mass is 9.93. The summed E-state index contributed by atoms with van der Waals surface area (Å²) in [5, 5.41) is 11.2. The Bertz CT molecular complexity index is 750. The molecule has 120 valence electrons. The van der Waals surface area contributed by atoms with Crippen LogP contribution in [0.2, 0.25) is 0 Å². The molecule has 0 amide bonds. The van der Waals surface area contributed by atoms with E-state index in [2.05, 4.69) is 9.72 Å². The molecule has 8 heteroatoms. The Morgan fingerprint density at radius 1 is 1.26 bits per heavy atom. The van der Waals surface area contributed by atoms with Crippen LogP contribution in [0.1, 0.15) is 17.2 Å². The molecule has 0 radical (unpaired) electrons. The quantitative estimate of drug-likeness (QED) is 0.477. The van der Waals surface area contributed by atoms with Crippen LogP contribution in [0.15, 0.2) is 36.4 Å². The van der Waals surface area contributed by atoms with Crippen molar-refractivity contribution in [3.05, 3.63) is 63.6 Å². The van der Waals surface area contributed by atoms with Crippen molar-refractivity contribution >= 4 is 11.7 Å². The number of hydrogen-bond donors (Lipinski definition) is 0. The number of methoxy groups -OCH3 is 2. The monoisotopic (exact) mass is 320 g/mol. The number of hydrogen-bond acceptors (Lipinski definition) is 6. The fourth-order valence-corrected chi connectivity index (χ4v) is 2.14. The maximum atomic E-state index is 14.1. The summed E-state index contributed by atoms with van der Waals surface area (Å²) in [6, 6.07) is 7.90. The van der Waals surface area contributed by atoms with Gasteiger partial charge in [0.05, 0.1) is 19.1 Å². The molecular formula is C15H13FN2O5. The van der Waals surface area contributed by atoms with Crippen molar-refractivity contribution in [2.24, 2.45) is 0 Å². The number of nitro groups is 1. The molecule has 1 aromatic carbocycles. The van der Waals surface area contributed by atoms with Gasteiger partial charge in [-0.15, -0.1) is 0 Å². The average Bonchev–Trinajstić information content (AvgIpc) is 2.56.